The third-order valence-corrected chi connectivity index (χ3v) is 5.13. The lowest BCUT2D eigenvalue weighted by atomic mass is 10.0. The van der Waals surface area contributed by atoms with E-state index in [9.17, 15) is 13.9 Å². The van der Waals surface area contributed by atoms with Crippen molar-refractivity contribution in [3.05, 3.63) is 29.7 Å². The van der Waals surface area contributed by atoms with Gasteiger partial charge in [0.15, 0.2) is 11.5 Å². The van der Waals surface area contributed by atoms with E-state index in [4.69, 9.17) is 9.72 Å². The van der Waals surface area contributed by atoms with Crippen LogP contribution in [0, 0.1) is 0 Å². The van der Waals surface area contributed by atoms with Crippen molar-refractivity contribution in [1.82, 2.24) is 30.1 Å². The molecule has 30 heavy (non-hydrogen) atoms. The van der Waals surface area contributed by atoms with Crippen LogP contribution in [0.25, 0.3) is 33.3 Å². The Hall–Kier alpha value is -3.18. The number of nitrogens with zero attached hydrogens (tertiary/aromatic N) is 5. The number of morpholine rings is 1. The van der Waals surface area contributed by atoms with Crippen molar-refractivity contribution in [2.24, 2.45) is 0 Å². The number of hydrogen-bond donors (Lipinski definition) is 3. The molecule has 0 aliphatic carbocycles. The number of imidazole rings is 1. The molecule has 4 aromatic rings. The Morgan fingerprint density at radius 1 is 1.17 bits per heavy atom. The number of aliphatic hydroxyl groups excluding tert-OH is 1. The van der Waals surface area contributed by atoms with Crippen LogP contribution in [-0.2, 0) is 11.2 Å². The molecule has 5 rings (SSSR count). The van der Waals surface area contributed by atoms with E-state index in [0.29, 0.717) is 77.7 Å². The minimum Gasteiger partial charge on any atom is -0.396 e. The Bertz CT molecular complexity index is 1200. The second kappa shape index (κ2) is 7.58. The zero-order valence-electron chi connectivity index (χ0n) is 15.9. The van der Waals surface area contributed by atoms with Crippen molar-refractivity contribution < 1.29 is 18.6 Å². The van der Waals surface area contributed by atoms with Crippen LogP contribution in [0.15, 0.2) is 18.2 Å². The van der Waals surface area contributed by atoms with E-state index in [1.807, 2.05) is 4.90 Å². The van der Waals surface area contributed by atoms with E-state index < -0.39 is 6.43 Å². The molecule has 3 N–H and O–H groups in total. The first kappa shape index (κ1) is 18.8. The number of aliphatic hydroxyl groups is 1. The van der Waals surface area contributed by atoms with Gasteiger partial charge in [-0.3, -0.25) is 5.10 Å². The lowest BCUT2D eigenvalue weighted by molar-refractivity contribution is 0.122. The van der Waals surface area contributed by atoms with E-state index >= 15 is 0 Å². The smallest absolute Gasteiger partial charge is 0.295 e. The van der Waals surface area contributed by atoms with Crippen molar-refractivity contribution >= 4 is 28.0 Å². The maximum absolute atomic E-state index is 13.2. The number of hydrogen-bond acceptors (Lipinski definition) is 7. The molecule has 1 saturated heterocycles. The summed E-state index contributed by atoms with van der Waals surface area (Å²) in [4.78, 5) is 18.2. The van der Waals surface area contributed by atoms with Gasteiger partial charge in [-0.1, -0.05) is 12.1 Å². The summed E-state index contributed by atoms with van der Waals surface area (Å²) >= 11 is 0. The first-order chi connectivity index (χ1) is 14.7. The summed E-state index contributed by atoms with van der Waals surface area (Å²) < 4.78 is 31.9. The molecule has 0 saturated carbocycles. The van der Waals surface area contributed by atoms with E-state index in [1.54, 1.807) is 18.2 Å². The van der Waals surface area contributed by atoms with Gasteiger partial charge in [0.2, 0.25) is 5.95 Å². The molecule has 0 radical (unpaired) electrons. The highest BCUT2D eigenvalue weighted by molar-refractivity contribution is 6.01. The number of ether oxygens (including phenoxy) is 1. The topological polar surface area (TPSA) is 116 Å². The zero-order chi connectivity index (χ0) is 20.7. The Morgan fingerprint density at radius 2 is 2.00 bits per heavy atom. The van der Waals surface area contributed by atoms with Crippen LogP contribution in [0.4, 0.5) is 14.7 Å². The van der Waals surface area contributed by atoms with Crippen molar-refractivity contribution in [2.75, 3.05) is 37.8 Å². The average Bonchev–Trinajstić information content (AvgIpc) is 3.38. The third-order valence-electron chi connectivity index (χ3n) is 5.13. The number of nitrogens with one attached hydrogen (secondary N) is 2. The van der Waals surface area contributed by atoms with Crippen LogP contribution >= 0.6 is 0 Å². The minimum absolute atomic E-state index is 0.0793. The molecule has 3 aromatic heterocycles. The monoisotopic (exact) mass is 415 g/mol. The van der Waals surface area contributed by atoms with Gasteiger partial charge >= 0.3 is 0 Å². The summed E-state index contributed by atoms with van der Waals surface area (Å²) in [6.07, 6.45) is -2.37. The van der Waals surface area contributed by atoms with E-state index in [1.165, 1.54) is 0 Å². The third kappa shape index (κ3) is 3.15. The fraction of sp³-hybridized carbons (Fsp3) is 0.368. The average molecular weight is 415 g/mol. The van der Waals surface area contributed by atoms with Gasteiger partial charge in [-0.15, -0.1) is 0 Å². The van der Waals surface area contributed by atoms with Gasteiger partial charge in [0.25, 0.3) is 6.43 Å². The molecular weight excluding hydrogens is 396 g/mol. The molecule has 4 heterocycles. The zero-order valence-corrected chi connectivity index (χ0v) is 15.9. The minimum atomic E-state index is -2.71. The van der Waals surface area contributed by atoms with Gasteiger partial charge in [0.1, 0.15) is 0 Å². The number of H-pyrrole nitrogens is 2. The van der Waals surface area contributed by atoms with Crippen molar-refractivity contribution in [2.45, 2.75) is 12.8 Å². The highest BCUT2D eigenvalue weighted by Crippen LogP contribution is 2.34. The van der Waals surface area contributed by atoms with Crippen molar-refractivity contribution in [3.63, 3.8) is 0 Å². The lowest BCUT2D eigenvalue weighted by Gasteiger charge is -2.27. The standard InChI is InChI=1S/C19H19F2N7O2/c20-16(21)18-22-12-3-1-2-10(14(12)23-18)15-13-11(4-7-29)26-27-17(13)25-19(24-15)28-5-8-30-9-6-28/h1-3,16,29H,4-9H2,(H,22,23)(H,24,25,26,27). The number of benzene rings is 1. The Labute approximate surface area is 169 Å². The van der Waals surface area contributed by atoms with E-state index in [2.05, 4.69) is 25.1 Å². The Kier molecular flexibility index (Phi) is 4.75. The summed E-state index contributed by atoms with van der Waals surface area (Å²) in [7, 11) is 0. The molecule has 1 aromatic carbocycles. The molecule has 0 bridgehead atoms. The van der Waals surface area contributed by atoms with Crippen LogP contribution in [0.5, 0.6) is 0 Å². The molecule has 1 aliphatic rings. The number of aromatic amines is 2. The summed E-state index contributed by atoms with van der Waals surface area (Å²) in [6.45, 7) is 2.34. The molecule has 0 amide bonds. The largest absolute Gasteiger partial charge is 0.396 e. The SMILES string of the molecule is OCCc1[nH]nc2nc(N3CCOCC3)nc(-c3cccc4[nH]c(C(F)F)nc34)c12. The first-order valence-corrected chi connectivity index (χ1v) is 9.61. The highest BCUT2D eigenvalue weighted by Gasteiger charge is 2.23. The van der Waals surface area contributed by atoms with Gasteiger partial charge in [-0.25, -0.2) is 18.7 Å². The highest BCUT2D eigenvalue weighted by atomic mass is 19.3. The van der Waals surface area contributed by atoms with Gasteiger partial charge in [0, 0.05) is 37.4 Å². The predicted octanol–water partition coefficient (Wildman–Crippen LogP) is 2.21. The molecule has 0 unspecified atom stereocenters. The summed E-state index contributed by atoms with van der Waals surface area (Å²) in [5.74, 6) is 0.100. The Balaban J connectivity index is 1.76. The van der Waals surface area contributed by atoms with Crippen molar-refractivity contribution in [1.29, 1.82) is 0 Å². The molecule has 11 heteroatoms. The van der Waals surface area contributed by atoms with Crippen LogP contribution < -0.4 is 4.90 Å². The van der Waals surface area contributed by atoms with Crippen molar-refractivity contribution in [3.8, 4) is 11.3 Å². The van der Waals surface area contributed by atoms with Gasteiger partial charge in [0.05, 0.1) is 35.3 Å². The van der Waals surface area contributed by atoms with Crippen LogP contribution in [0.2, 0.25) is 0 Å². The molecule has 9 nitrogen and oxygen atoms in total. The predicted molar refractivity (Wildman–Crippen MR) is 106 cm³/mol. The lowest BCUT2D eigenvalue weighted by Crippen LogP contribution is -2.37. The number of fused-ring (bicyclic) bond motifs is 2. The van der Waals surface area contributed by atoms with E-state index in [-0.39, 0.29) is 12.4 Å². The number of halogens is 2. The maximum Gasteiger partial charge on any atom is 0.295 e. The first-order valence-electron chi connectivity index (χ1n) is 9.61. The normalized spacial score (nSPS) is 15.0. The number of alkyl halides is 2. The fourth-order valence-corrected chi connectivity index (χ4v) is 3.71. The van der Waals surface area contributed by atoms with Crippen LogP contribution in [-0.4, -0.2) is 68.1 Å². The van der Waals surface area contributed by atoms with Gasteiger partial charge in [-0.2, -0.15) is 10.1 Å². The Morgan fingerprint density at radius 3 is 2.77 bits per heavy atom. The number of rotatable bonds is 5. The molecule has 1 fully saturated rings. The quantitative estimate of drug-likeness (QED) is 0.458. The summed E-state index contributed by atoms with van der Waals surface area (Å²) in [6, 6.07) is 5.25. The van der Waals surface area contributed by atoms with Crippen LogP contribution in [0.1, 0.15) is 17.9 Å². The van der Waals surface area contributed by atoms with Crippen LogP contribution in [0.3, 0.4) is 0 Å². The van der Waals surface area contributed by atoms with Gasteiger partial charge < -0.3 is 19.7 Å². The molecule has 1 aliphatic heterocycles. The second-order valence-electron chi connectivity index (χ2n) is 6.97. The van der Waals surface area contributed by atoms with Gasteiger partial charge in [-0.05, 0) is 6.07 Å². The second-order valence-corrected chi connectivity index (χ2v) is 6.97. The maximum atomic E-state index is 13.2. The molecule has 0 atom stereocenters. The summed E-state index contributed by atoms with van der Waals surface area (Å²) in [5.41, 5.74) is 3.16. The summed E-state index contributed by atoms with van der Waals surface area (Å²) in [5, 5.41) is 17.3. The number of anilines is 1. The number of para-hydroxylation sites is 1. The molecule has 156 valence electrons. The fourth-order valence-electron chi connectivity index (χ4n) is 3.71. The van der Waals surface area contributed by atoms with E-state index in [0.717, 1.165) is 0 Å². The molecular formula is C19H19F2N7O2. The number of aromatic nitrogens is 6. The molecule has 0 spiro atoms.